The molecular weight excluding hydrogens is 331 g/mol. The number of hydrogen-bond donors (Lipinski definition) is 1. The van der Waals surface area contributed by atoms with Crippen LogP contribution in [0.25, 0.3) is 11.3 Å². The lowest BCUT2D eigenvalue weighted by molar-refractivity contribution is -0.137. The number of benzene rings is 1. The second-order valence-electron chi connectivity index (χ2n) is 5.52. The van der Waals surface area contributed by atoms with Crippen molar-refractivity contribution in [2.75, 3.05) is 0 Å². The van der Waals surface area contributed by atoms with Gasteiger partial charge in [-0.3, -0.25) is 4.98 Å². The van der Waals surface area contributed by atoms with Gasteiger partial charge in [0.15, 0.2) is 0 Å². The van der Waals surface area contributed by atoms with Crippen molar-refractivity contribution in [3.8, 4) is 11.3 Å². The molecule has 1 atom stereocenters. The van der Waals surface area contributed by atoms with Crippen molar-refractivity contribution in [2.24, 2.45) is 0 Å². The number of alkyl halides is 3. The van der Waals surface area contributed by atoms with Crippen LogP contribution in [0.3, 0.4) is 0 Å². The second-order valence-corrected chi connectivity index (χ2v) is 5.52. The maximum atomic E-state index is 12.6. The van der Waals surface area contributed by atoms with Crippen LogP contribution in [0.1, 0.15) is 28.6 Å². The van der Waals surface area contributed by atoms with E-state index >= 15 is 0 Å². The summed E-state index contributed by atoms with van der Waals surface area (Å²) < 4.78 is 37.9. The van der Waals surface area contributed by atoms with Crippen LogP contribution in [0.4, 0.5) is 13.2 Å². The van der Waals surface area contributed by atoms with Gasteiger partial charge in [-0.05, 0) is 36.8 Å². The summed E-state index contributed by atoms with van der Waals surface area (Å²) in [7, 11) is 0. The van der Waals surface area contributed by atoms with Crippen molar-refractivity contribution < 1.29 is 18.3 Å². The van der Waals surface area contributed by atoms with Crippen LogP contribution < -0.4 is 0 Å². The van der Waals surface area contributed by atoms with Crippen molar-refractivity contribution in [3.63, 3.8) is 0 Å². The molecule has 0 amide bonds. The standard InChI is InChI=1S/C18H14F3N3O/c1-11-23-7-6-16(24-11)13-8-14(10-22-9-13)17(25)12-2-4-15(5-3-12)18(19,20)21/h2-10,17,25H,1H3. The van der Waals surface area contributed by atoms with Crippen LogP contribution >= 0.6 is 0 Å². The largest absolute Gasteiger partial charge is 0.416 e. The summed E-state index contributed by atoms with van der Waals surface area (Å²) in [6.07, 6.45) is -0.797. The summed E-state index contributed by atoms with van der Waals surface area (Å²) in [5, 5.41) is 10.5. The van der Waals surface area contributed by atoms with Crippen molar-refractivity contribution >= 4 is 0 Å². The first kappa shape index (κ1) is 17.0. The molecule has 1 N–H and O–H groups in total. The molecule has 0 saturated heterocycles. The molecule has 2 heterocycles. The van der Waals surface area contributed by atoms with E-state index in [1.807, 2.05) is 0 Å². The lowest BCUT2D eigenvalue weighted by atomic mass is 10.00. The molecule has 3 aromatic rings. The monoisotopic (exact) mass is 345 g/mol. The molecular formula is C18H14F3N3O. The summed E-state index contributed by atoms with van der Waals surface area (Å²) in [5.74, 6) is 0.603. The molecule has 0 aliphatic rings. The van der Waals surface area contributed by atoms with Gasteiger partial charge in [-0.25, -0.2) is 9.97 Å². The fraction of sp³-hybridized carbons (Fsp3) is 0.167. The van der Waals surface area contributed by atoms with Crippen LogP contribution in [0.15, 0.2) is 55.0 Å². The Morgan fingerprint density at radius 3 is 2.36 bits per heavy atom. The average Bonchev–Trinajstić information content (AvgIpc) is 2.60. The van der Waals surface area contributed by atoms with Crippen LogP contribution in [0, 0.1) is 6.92 Å². The van der Waals surface area contributed by atoms with Gasteiger partial charge in [0.2, 0.25) is 0 Å². The molecule has 1 aromatic carbocycles. The molecule has 0 aliphatic heterocycles. The van der Waals surface area contributed by atoms with Gasteiger partial charge in [-0.15, -0.1) is 0 Å². The third kappa shape index (κ3) is 3.83. The highest BCUT2D eigenvalue weighted by Crippen LogP contribution is 2.31. The quantitative estimate of drug-likeness (QED) is 0.781. The van der Waals surface area contributed by atoms with E-state index in [4.69, 9.17) is 0 Å². The van der Waals surface area contributed by atoms with Crippen LogP contribution in [-0.4, -0.2) is 20.1 Å². The zero-order valence-corrected chi connectivity index (χ0v) is 13.2. The first-order valence-electron chi connectivity index (χ1n) is 7.45. The minimum absolute atomic E-state index is 0.353. The van der Waals surface area contributed by atoms with E-state index in [9.17, 15) is 18.3 Å². The molecule has 3 rings (SSSR count). The Balaban J connectivity index is 1.90. The van der Waals surface area contributed by atoms with E-state index in [0.29, 0.717) is 28.2 Å². The van der Waals surface area contributed by atoms with Crippen molar-refractivity contribution in [1.29, 1.82) is 0 Å². The Morgan fingerprint density at radius 2 is 1.72 bits per heavy atom. The zero-order valence-electron chi connectivity index (χ0n) is 13.2. The number of rotatable bonds is 3. The molecule has 0 spiro atoms. The Labute approximate surface area is 142 Å². The molecule has 128 valence electrons. The first-order valence-corrected chi connectivity index (χ1v) is 7.45. The zero-order chi connectivity index (χ0) is 18.0. The number of halogens is 3. The number of aryl methyl sites for hydroxylation is 1. The molecule has 7 heteroatoms. The third-order valence-corrected chi connectivity index (χ3v) is 3.70. The number of aliphatic hydroxyl groups is 1. The topological polar surface area (TPSA) is 58.9 Å². The van der Waals surface area contributed by atoms with Gasteiger partial charge >= 0.3 is 6.18 Å². The van der Waals surface area contributed by atoms with Crippen molar-refractivity contribution in [3.05, 3.63) is 77.5 Å². The Bertz CT molecular complexity index is 879. The van der Waals surface area contributed by atoms with Gasteiger partial charge in [0.05, 0.1) is 11.3 Å². The minimum atomic E-state index is -4.41. The number of aliphatic hydroxyl groups excluding tert-OH is 1. The molecule has 4 nitrogen and oxygen atoms in total. The molecule has 0 saturated carbocycles. The summed E-state index contributed by atoms with van der Waals surface area (Å²) >= 11 is 0. The summed E-state index contributed by atoms with van der Waals surface area (Å²) in [5.41, 5.74) is 1.40. The molecule has 1 unspecified atom stereocenters. The Morgan fingerprint density at radius 1 is 1.00 bits per heavy atom. The maximum absolute atomic E-state index is 12.6. The van der Waals surface area contributed by atoms with Gasteiger partial charge in [0.1, 0.15) is 11.9 Å². The van der Waals surface area contributed by atoms with E-state index in [-0.39, 0.29) is 0 Å². The summed E-state index contributed by atoms with van der Waals surface area (Å²) in [6.45, 7) is 1.76. The van der Waals surface area contributed by atoms with Crippen LogP contribution in [0.5, 0.6) is 0 Å². The predicted molar refractivity (Wildman–Crippen MR) is 85.5 cm³/mol. The smallest absolute Gasteiger partial charge is 0.384 e. The average molecular weight is 345 g/mol. The highest BCUT2D eigenvalue weighted by atomic mass is 19.4. The van der Waals surface area contributed by atoms with Gasteiger partial charge < -0.3 is 5.11 Å². The fourth-order valence-corrected chi connectivity index (χ4v) is 2.41. The number of aromatic nitrogens is 3. The lowest BCUT2D eigenvalue weighted by Crippen LogP contribution is -2.06. The Kier molecular flexibility index (Phi) is 4.50. The Hall–Kier alpha value is -2.80. The predicted octanol–water partition coefficient (Wildman–Crippen LogP) is 3.95. The molecule has 0 fully saturated rings. The number of nitrogens with zero attached hydrogens (tertiary/aromatic N) is 3. The van der Waals surface area contributed by atoms with Crippen molar-refractivity contribution in [2.45, 2.75) is 19.2 Å². The molecule has 0 radical (unpaired) electrons. The first-order chi connectivity index (χ1) is 11.8. The second kappa shape index (κ2) is 6.60. The van der Waals surface area contributed by atoms with Gasteiger partial charge in [-0.2, -0.15) is 13.2 Å². The SMILES string of the molecule is Cc1nccc(-c2cncc(C(O)c3ccc(C(F)(F)F)cc3)c2)n1. The third-order valence-electron chi connectivity index (χ3n) is 3.70. The van der Waals surface area contributed by atoms with Gasteiger partial charge in [0.25, 0.3) is 0 Å². The number of hydrogen-bond acceptors (Lipinski definition) is 4. The minimum Gasteiger partial charge on any atom is -0.384 e. The molecule has 0 aliphatic carbocycles. The normalized spacial score (nSPS) is 12.8. The maximum Gasteiger partial charge on any atom is 0.416 e. The van der Waals surface area contributed by atoms with Crippen LogP contribution in [0.2, 0.25) is 0 Å². The van der Waals surface area contributed by atoms with Crippen molar-refractivity contribution in [1.82, 2.24) is 15.0 Å². The van der Waals surface area contributed by atoms with E-state index in [1.54, 1.807) is 31.5 Å². The van der Waals surface area contributed by atoms with Gasteiger partial charge in [0, 0.05) is 29.7 Å². The van der Waals surface area contributed by atoms with E-state index in [2.05, 4.69) is 15.0 Å². The highest BCUT2D eigenvalue weighted by molar-refractivity contribution is 5.58. The summed E-state index contributed by atoms with van der Waals surface area (Å²) in [6, 6.07) is 7.84. The molecule has 0 bridgehead atoms. The van der Waals surface area contributed by atoms with E-state index in [1.165, 1.54) is 18.3 Å². The molecule has 25 heavy (non-hydrogen) atoms. The highest BCUT2D eigenvalue weighted by Gasteiger charge is 2.30. The number of pyridine rings is 1. The summed E-state index contributed by atoms with van der Waals surface area (Å²) in [4.78, 5) is 12.4. The van der Waals surface area contributed by atoms with Gasteiger partial charge in [-0.1, -0.05) is 12.1 Å². The van der Waals surface area contributed by atoms with E-state index < -0.39 is 17.8 Å². The molecule has 2 aromatic heterocycles. The van der Waals surface area contributed by atoms with Crippen LogP contribution in [-0.2, 0) is 6.18 Å². The fourth-order valence-electron chi connectivity index (χ4n) is 2.41. The lowest BCUT2D eigenvalue weighted by Gasteiger charge is -2.14. The van der Waals surface area contributed by atoms with E-state index in [0.717, 1.165) is 12.1 Å².